The highest BCUT2D eigenvalue weighted by atomic mass is 31.2. The Morgan fingerprint density at radius 3 is 2.27 bits per heavy atom. The molecule has 0 saturated carbocycles. The molecule has 1 N–H and O–H groups in total. The molecule has 3 aromatic carbocycles. The zero-order valence-electron chi connectivity index (χ0n) is 17.4. The molecule has 5 nitrogen and oxygen atoms in total. The Hall–Kier alpha value is -2.77. The summed E-state index contributed by atoms with van der Waals surface area (Å²) in [4.78, 5) is 0. The molecule has 0 heterocycles. The van der Waals surface area contributed by atoms with Gasteiger partial charge in [0.15, 0.2) is 5.78 Å². The number of benzene rings is 3. The molecule has 0 aliphatic rings. The van der Waals surface area contributed by atoms with E-state index in [0.717, 1.165) is 27.8 Å². The van der Waals surface area contributed by atoms with Crippen LogP contribution in [0.5, 0.6) is 5.75 Å². The molecule has 0 aliphatic heterocycles. The summed E-state index contributed by atoms with van der Waals surface area (Å²) < 4.78 is 29.8. The highest BCUT2D eigenvalue weighted by Gasteiger charge is 2.34. The maximum absolute atomic E-state index is 13.5. The van der Waals surface area contributed by atoms with Crippen molar-refractivity contribution >= 4 is 24.1 Å². The van der Waals surface area contributed by atoms with Crippen molar-refractivity contribution in [3.05, 3.63) is 72.3 Å². The van der Waals surface area contributed by atoms with E-state index in [0.29, 0.717) is 0 Å². The van der Waals surface area contributed by atoms with Crippen LogP contribution in [0.1, 0.15) is 19.4 Å². The number of hydrogen-bond acceptors (Lipinski definition) is 5. The lowest BCUT2D eigenvalue weighted by Crippen LogP contribution is -2.21. The van der Waals surface area contributed by atoms with Gasteiger partial charge in [0.25, 0.3) is 0 Å². The zero-order valence-corrected chi connectivity index (χ0v) is 18.3. The molecule has 3 rings (SSSR count). The van der Waals surface area contributed by atoms with E-state index in [1.807, 2.05) is 66.7 Å². The van der Waals surface area contributed by atoms with Gasteiger partial charge in [-0.05, 0) is 55.0 Å². The van der Waals surface area contributed by atoms with E-state index in [4.69, 9.17) is 13.8 Å². The summed E-state index contributed by atoms with van der Waals surface area (Å²) in [5.41, 5.74) is 1.60. The largest absolute Gasteiger partial charge is 0.497 e. The fourth-order valence-corrected chi connectivity index (χ4v) is 4.69. The van der Waals surface area contributed by atoms with Crippen LogP contribution in [0.2, 0.25) is 0 Å². The van der Waals surface area contributed by atoms with Crippen molar-refractivity contribution in [3.8, 4) is 17.6 Å². The van der Waals surface area contributed by atoms with Gasteiger partial charge < -0.3 is 19.1 Å². The van der Waals surface area contributed by atoms with Gasteiger partial charge in [-0.25, -0.2) is 0 Å². The molecule has 30 heavy (non-hydrogen) atoms. The molecule has 156 valence electrons. The third kappa shape index (κ3) is 5.23. The summed E-state index contributed by atoms with van der Waals surface area (Å²) in [6.07, 6.45) is 0. The molecule has 0 aromatic heterocycles. The summed E-state index contributed by atoms with van der Waals surface area (Å²) in [6, 6.07) is 21.3. The minimum atomic E-state index is -3.53. The fraction of sp³-hybridized carbons (Fsp3) is 0.250. The van der Waals surface area contributed by atoms with E-state index in [2.05, 4.69) is 17.2 Å². The van der Waals surface area contributed by atoms with Crippen molar-refractivity contribution in [3.63, 3.8) is 0 Å². The zero-order chi connectivity index (χ0) is 21.4. The smallest absolute Gasteiger partial charge is 0.364 e. The highest BCUT2D eigenvalue weighted by molar-refractivity contribution is 7.55. The van der Waals surface area contributed by atoms with Crippen LogP contribution in [0.25, 0.3) is 10.8 Å². The Morgan fingerprint density at radius 2 is 1.60 bits per heavy atom. The van der Waals surface area contributed by atoms with Crippen LogP contribution < -0.4 is 10.1 Å². The molecular formula is C24H26NO4P. The predicted molar refractivity (Wildman–Crippen MR) is 122 cm³/mol. The van der Waals surface area contributed by atoms with Gasteiger partial charge in [-0.1, -0.05) is 48.2 Å². The SMILES string of the molecule is CCOP(=O)(OCC)C(C#Cc1cccc2ccccc12)Nc1ccc(OC)cc1. The van der Waals surface area contributed by atoms with E-state index in [-0.39, 0.29) is 13.2 Å². The Bertz CT molecular complexity index is 1070. The first kappa shape index (κ1) is 21.9. The van der Waals surface area contributed by atoms with Crippen LogP contribution in [-0.4, -0.2) is 26.1 Å². The molecular weight excluding hydrogens is 397 g/mol. The first-order valence-corrected chi connectivity index (χ1v) is 11.5. The summed E-state index contributed by atoms with van der Waals surface area (Å²) >= 11 is 0. The van der Waals surface area contributed by atoms with Crippen LogP contribution in [0.15, 0.2) is 66.7 Å². The molecule has 1 unspecified atom stereocenters. The number of anilines is 1. The monoisotopic (exact) mass is 423 g/mol. The second kappa shape index (κ2) is 10.3. The average Bonchev–Trinajstić information content (AvgIpc) is 2.77. The van der Waals surface area contributed by atoms with Crippen molar-refractivity contribution in [2.75, 3.05) is 25.6 Å². The maximum atomic E-state index is 13.5. The quantitative estimate of drug-likeness (QED) is 0.361. The van der Waals surface area contributed by atoms with Gasteiger partial charge in [-0.15, -0.1) is 0 Å². The van der Waals surface area contributed by atoms with Crippen molar-refractivity contribution in [2.24, 2.45) is 0 Å². The standard InChI is InChI=1S/C24H26NO4P/c1-4-28-30(26,29-5-2)24(25-21-14-16-22(27-3)17-15-21)18-13-20-11-8-10-19-9-6-7-12-23(19)20/h6-12,14-17,24-25H,4-5H2,1-3H3. The van der Waals surface area contributed by atoms with E-state index in [1.54, 1.807) is 21.0 Å². The molecule has 0 spiro atoms. The average molecular weight is 423 g/mol. The molecule has 0 bridgehead atoms. The minimum absolute atomic E-state index is 0.258. The van der Waals surface area contributed by atoms with E-state index < -0.39 is 13.4 Å². The number of ether oxygens (including phenoxy) is 1. The maximum Gasteiger partial charge on any atom is 0.364 e. The highest BCUT2D eigenvalue weighted by Crippen LogP contribution is 2.52. The van der Waals surface area contributed by atoms with Gasteiger partial charge in [0.05, 0.1) is 20.3 Å². The summed E-state index contributed by atoms with van der Waals surface area (Å²) in [5, 5.41) is 5.36. The molecule has 0 amide bonds. The summed E-state index contributed by atoms with van der Waals surface area (Å²) in [5.74, 6) is 6.20. The van der Waals surface area contributed by atoms with Crippen LogP contribution in [-0.2, 0) is 13.6 Å². The molecule has 1 atom stereocenters. The molecule has 3 aromatic rings. The molecule has 0 fully saturated rings. The van der Waals surface area contributed by atoms with E-state index in [1.165, 1.54) is 0 Å². The normalized spacial score (nSPS) is 12.1. The second-order valence-electron chi connectivity index (χ2n) is 6.45. The minimum Gasteiger partial charge on any atom is -0.497 e. The molecule has 0 aliphatic carbocycles. The van der Waals surface area contributed by atoms with Gasteiger partial charge in [-0.3, -0.25) is 4.57 Å². The van der Waals surface area contributed by atoms with Crippen LogP contribution in [0.3, 0.4) is 0 Å². The Labute approximate surface area is 177 Å². The Morgan fingerprint density at radius 1 is 0.933 bits per heavy atom. The summed E-state index contributed by atoms with van der Waals surface area (Å²) in [7, 11) is -1.92. The van der Waals surface area contributed by atoms with Crippen molar-refractivity contribution in [2.45, 2.75) is 19.6 Å². The number of nitrogens with one attached hydrogen (secondary N) is 1. The van der Waals surface area contributed by atoms with Gasteiger partial charge >= 0.3 is 7.60 Å². The van der Waals surface area contributed by atoms with Crippen LogP contribution >= 0.6 is 7.60 Å². The third-order valence-corrected chi connectivity index (χ3v) is 6.59. The van der Waals surface area contributed by atoms with Crippen molar-refractivity contribution in [1.29, 1.82) is 0 Å². The van der Waals surface area contributed by atoms with E-state index in [9.17, 15) is 4.57 Å². The Kier molecular flexibility index (Phi) is 7.54. The lowest BCUT2D eigenvalue weighted by atomic mass is 10.1. The third-order valence-electron chi connectivity index (χ3n) is 4.46. The Balaban J connectivity index is 2.00. The van der Waals surface area contributed by atoms with Crippen molar-refractivity contribution < 1.29 is 18.3 Å². The lowest BCUT2D eigenvalue weighted by Gasteiger charge is -2.24. The molecule has 0 radical (unpaired) electrons. The van der Waals surface area contributed by atoms with Gasteiger partial charge in [-0.2, -0.15) is 0 Å². The number of rotatable bonds is 8. The van der Waals surface area contributed by atoms with Gasteiger partial charge in [0.1, 0.15) is 5.75 Å². The second-order valence-corrected chi connectivity index (χ2v) is 8.56. The fourth-order valence-electron chi connectivity index (χ4n) is 3.07. The first-order chi connectivity index (χ1) is 14.6. The van der Waals surface area contributed by atoms with Gasteiger partial charge in [0, 0.05) is 11.3 Å². The number of fused-ring (bicyclic) bond motifs is 1. The summed E-state index contributed by atoms with van der Waals surface area (Å²) in [6.45, 7) is 4.09. The topological polar surface area (TPSA) is 56.8 Å². The lowest BCUT2D eigenvalue weighted by molar-refractivity contribution is 0.218. The van der Waals surface area contributed by atoms with E-state index >= 15 is 0 Å². The molecule has 6 heteroatoms. The molecule has 0 saturated heterocycles. The van der Waals surface area contributed by atoms with Gasteiger partial charge in [0.2, 0.25) is 0 Å². The predicted octanol–water partition coefficient (Wildman–Crippen LogP) is 5.90. The number of hydrogen-bond donors (Lipinski definition) is 1. The van der Waals surface area contributed by atoms with Crippen molar-refractivity contribution in [1.82, 2.24) is 0 Å². The van der Waals surface area contributed by atoms with Crippen LogP contribution in [0, 0.1) is 11.8 Å². The first-order valence-electron chi connectivity index (χ1n) is 9.88. The number of methoxy groups -OCH3 is 1. The van der Waals surface area contributed by atoms with Crippen LogP contribution in [0.4, 0.5) is 5.69 Å².